The van der Waals surface area contributed by atoms with E-state index in [1.165, 1.54) is 5.56 Å². The summed E-state index contributed by atoms with van der Waals surface area (Å²) in [5.74, 6) is 1.30. The number of benzene rings is 2. The van der Waals surface area contributed by atoms with E-state index in [4.69, 9.17) is 4.74 Å². The molecular weight excluding hydrogens is 262 g/mol. The maximum atomic E-state index is 5.89. The van der Waals surface area contributed by atoms with Crippen LogP contribution in [-0.4, -0.2) is 17.2 Å². The van der Waals surface area contributed by atoms with Crippen molar-refractivity contribution < 1.29 is 4.74 Å². The molecule has 4 heteroatoms. The molecule has 1 aromatic heterocycles. The predicted molar refractivity (Wildman–Crippen MR) is 83.6 cm³/mol. The lowest BCUT2D eigenvalue weighted by Gasteiger charge is -2.09. The maximum absolute atomic E-state index is 5.89. The quantitative estimate of drug-likeness (QED) is 0.794. The summed E-state index contributed by atoms with van der Waals surface area (Å²) < 4.78 is 5.89. The number of fused-ring (bicyclic) bond motifs is 1. The third kappa shape index (κ3) is 2.85. The van der Waals surface area contributed by atoms with E-state index in [1.54, 1.807) is 0 Å². The van der Waals surface area contributed by atoms with Crippen LogP contribution in [0.3, 0.4) is 0 Å². The van der Waals surface area contributed by atoms with Gasteiger partial charge in [0.1, 0.15) is 5.75 Å². The summed E-state index contributed by atoms with van der Waals surface area (Å²) >= 11 is 0. The topological polar surface area (TPSA) is 47.0 Å². The predicted octanol–water partition coefficient (Wildman–Crippen LogP) is 3.45. The molecule has 1 N–H and O–H groups in total. The highest BCUT2D eigenvalue weighted by Crippen LogP contribution is 2.28. The van der Waals surface area contributed by atoms with E-state index >= 15 is 0 Å². The number of aryl methyl sites for hydroxylation is 1. The molecule has 0 radical (unpaired) electrons. The highest BCUT2D eigenvalue weighted by Gasteiger charge is 2.08. The molecule has 0 aliphatic carbocycles. The Morgan fingerprint density at radius 1 is 0.952 bits per heavy atom. The van der Waals surface area contributed by atoms with Crippen molar-refractivity contribution in [3.8, 4) is 11.6 Å². The highest BCUT2D eigenvalue weighted by molar-refractivity contribution is 5.88. The fourth-order valence-corrected chi connectivity index (χ4v) is 2.28. The lowest BCUT2D eigenvalue weighted by Crippen LogP contribution is -2.04. The van der Waals surface area contributed by atoms with Gasteiger partial charge in [-0.2, -0.15) is 5.10 Å². The van der Waals surface area contributed by atoms with Crippen LogP contribution in [0.25, 0.3) is 10.8 Å². The minimum atomic E-state index is 0.539. The summed E-state index contributed by atoms with van der Waals surface area (Å²) in [6, 6.07) is 16.0. The van der Waals surface area contributed by atoms with Crippen molar-refractivity contribution in [2.45, 2.75) is 13.5 Å². The van der Waals surface area contributed by atoms with Gasteiger partial charge in [-0.05, 0) is 37.7 Å². The van der Waals surface area contributed by atoms with Crippen LogP contribution in [0.4, 0.5) is 0 Å². The zero-order chi connectivity index (χ0) is 14.7. The summed E-state index contributed by atoms with van der Waals surface area (Å²) in [7, 11) is 1.93. The average molecular weight is 279 g/mol. The number of hydrogen-bond acceptors (Lipinski definition) is 4. The third-order valence-corrected chi connectivity index (χ3v) is 3.36. The van der Waals surface area contributed by atoms with E-state index in [0.29, 0.717) is 5.88 Å². The SMILES string of the molecule is CNCc1ccc(Oc2nnc(C)c3ccccc23)cc1. The molecule has 3 rings (SSSR count). The van der Waals surface area contributed by atoms with Crippen LogP contribution in [0.15, 0.2) is 48.5 Å². The first kappa shape index (κ1) is 13.5. The Morgan fingerprint density at radius 2 is 1.67 bits per heavy atom. The zero-order valence-corrected chi connectivity index (χ0v) is 12.1. The molecule has 3 aromatic rings. The van der Waals surface area contributed by atoms with Gasteiger partial charge in [-0.15, -0.1) is 5.10 Å². The van der Waals surface area contributed by atoms with Crippen molar-refractivity contribution in [2.75, 3.05) is 7.05 Å². The van der Waals surface area contributed by atoms with Gasteiger partial charge in [0.05, 0.1) is 5.69 Å². The van der Waals surface area contributed by atoms with Crippen molar-refractivity contribution in [3.05, 3.63) is 59.8 Å². The van der Waals surface area contributed by atoms with E-state index in [1.807, 2.05) is 62.5 Å². The summed E-state index contributed by atoms with van der Waals surface area (Å²) in [6.45, 7) is 2.79. The number of rotatable bonds is 4. The molecule has 106 valence electrons. The molecule has 0 saturated heterocycles. The minimum absolute atomic E-state index is 0.539. The second kappa shape index (κ2) is 5.89. The van der Waals surface area contributed by atoms with Crippen LogP contribution in [0, 0.1) is 6.92 Å². The molecule has 4 nitrogen and oxygen atoms in total. The normalized spacial score (nSPS) is 10.8. The molecule has 0 fully saturated rings. The van der Waals surface area contributed by atoms with Gasteiger partial charge in [-0.25, -0.2) is 0 Å². The Balaban J connectivity index is 1.93. The average Bonchev–Trinajstić information content (AvgIpc) is 2.52. The Kier molecular flexibility index (Phi) is 3.79. The first-order chi connectivity index (χ1) is 10.3. The van der Waals surface area contributed by atoms with Gasteiger partial charge in [0.15, 0.2) is 0 Å². The van der Waals surface area contributed by atoms with Gasteiger partial charge in [0.25, 0.3) is 0 Å². The monoisotopic (exact) mass is 279 g/mol. The number of ether oxygens (including phenoxy) is 1. The van der Waals surface area contributed by atoms with E-state index in [9.17, 15) is 0 Å². The molecule has 0 aliphatic heterocycles. The first-order valence-electron chi connectivity index (χ1n) is 6.91. The van der Waals surface area contributed by atoms with Crippen molar-refractivity contribution in [1.82, 2.24) is 15.5 Å². The highest BCUT2D eigenvalue weighted by atomic mass is 16.5. The largest absolute Gasteiger partial charge is 0.437 e. The van der Waals surface area contributed by atoms with E-state index in [-0.39, 0.29) is 0 Å². The van der Waals surface area contributed by atoms with Crippen molar-refractivity contribution in [1.29, 1.82) is 0 Å². The summed E-state index contributed by atoms with van der Waals surface area (Å²) in [5, 5.41) is 13.5. The number of nitrogens with one attached hydrogen (secondary N) is 1. The minimum Gasteiger partial charge on any atom is -0.437 e. The molecular formula is C17H17N3O. The molecule has 0 amide bonds. The fraction of sp³-hybridized carbons (Fsp3) is 0.176. The summed E-state index contributed by atoms with van der Waals surface area (Å²) in [4.78, 5) is 0. The number of nitrogens with zero attached hydrogens (tertiary/aromatic N) is 2. The van der Waals surface area contributed by atoms with Crippen LogP contribution < -0.4 is 10.1 Å². The number of hydrogen-bond donors (Lipinski definition) is 1. The van der Waals surface area contributed by atoms with Gasteiger partial charge >= 0.3 is 0 Å². The van der Waals surface area contributed by atoms with E-state index in [0.717, 1.165) is 28.8 Å². The van der Waals surface area contributed by atoms with Gasteiger partial charge in [-0.3, -0.25) is 0 Å². The van der Waals surface area contributed by atoms with Crippen LogP contribution >= 0.6 is 0 Å². The van der Waals surface area contributed by atoms with Gasteiger partial charge in [0, 0.05) is 17.3 Å². The molecule has 1 heterocycles. The molecule has 21 heavy (non-hydrogen) atoms. The van der Waals surface area contributed by atoms with Crippen molar-refractivity contribution >= 4 is 10.8 Å². The molecule has 0 aliphatic rings. The lowest BCUT2D eigenvalue weighted by atomic mass is 10.1. The zero-order valence-electron chi connectivity index (χ0n) is 12.1. The van der Waals surface area contributed by atoms with Gasteiger partial charge in [-0.1, -0.05) is 30.3 Å². The van der Waals surface area contributed by atoms with Crippen LogP contribution in [0.2, 0.25) is 0 Å². The Hall–Kier alpha value is -2.46. The first-order valence-corrected chi connectivity index (χ1v) is 6.91. The van der Waals surface area contributed by atoms with E-state index in [2.05, 4.69) is 15.5 Å². The van der Waals surface area contributed by atoms with Crippen LogP contribution in [-0.2, 0) is 6.54 Å². The third-order valence-electron chi connectivity index (χ3n) is 3.36. The lowest BCUT2D eigenvalue weighted by molar-refractivity contribution is 0.461. The molecule has 0 saturated carbocycles. The smallest absolute Gasteiger partial charge is 0.246 e. The summed E-state index contributed by atoms with van der Waals surface area (Å²) in [6.07, 6.45) is 0. The Labute approximate surface area is 123 Å². The van der Waals surface area contributed by atoms with Gasteiger partial charge in [0.2, 0.25) is 5.88 Å². The number of aromatic nitrogens is 2. The maximum Gasteiger partial charge on any atom is 0.246 e. The molecule has 0 bridgehead atoms. The fourth-order valence-electron chi connectivity index (χ4n) is 2.28. The molecule has 2 aromatic carbocycles. The summed E-state index contributed by atoms with van der Waals surface area (Å²) in [5.41, 5.74) is 2.12. The Morgan fingerprint density at radius 3 is 2.38 bits per heavy atom. The molecule has 0 spiro atoms. The second-order valence-electron chi connectivity index (χ2n) is 4.91. The van der Waals surface area contributed by atoms with Gasteiger partial charge < -0.3 is 10.1 Å². The van der Waals surface area contributed by atoms with Crippen molar-refractivity contribution in [3.63, 3.8) is 0 Å². The standard InChI is InChI=1S/C17H17N3O/c1-12-15-5-3-4-6-16(15)17(20-19-12)21-14-9-7-13(8-10-14)11-18-2/h3-10,18H,11H2,1-2H3. The molecule has 0 atom stereocenters. The van der Waals surface area contributed by atoms with Crippen LogP contribution in [0.5, 0.6) is 11.6 Å². The van der Waals surface area contributed by atoms with Crippen molar-refractivity contribution in [2.24, 2.45) is 0 Å². The second-order valence-corrected chi connectivity index (χ2v) is 4.91. The molecule has 0 unspecified atom stereocenters. The Bertz CT molecular complexity index is 754. The van der Waals surface area contributed by atoms with E-state index < -0.39 is 0 Å². The van der Waals surface area contributed by atoms with Crippen LogP contribution in [0.1, 0.15) is 11.3 Å².